The third kappa shape index (κ3) is 7.59. The predicted molar refractivity (Wildman–Crippen MR) is 222 cm³/mol. The van der Waals surface area contributed by atoms with E-state index in [4.69, 9.17) is 39.2 Å². The summed E-state index contributed by atoms with van der Waals surface area (Å²) in [5, 5.41) is 25.8. The monoisotopic (exact) mass is 769 g/mol. The van der Waals surface area contributed by atoms with Gasteiger partial charge in [-0.05, 0) is 83.9 Å². The lowest BCUT2D eigenvalue weighted by Gasteiger charge is -2.07. The number of benzene rings is 5. The van der Waals surface area contributed by atoms with Crippen LogP contribution in [0.2, 0.25) is 15.1 Å². The number of rotatable bonds is 9. The van der Waals surface area contributed by atoms with Crippen molar-refractivity contribution in [1.82, 2.24) is 25.0 Å². The molecule has 0 atom stereocenters. The molecule has 0 unspecified atom stereocenters. The predicted octanol–water partition coefficient (Wildman–Crippen LogP) is 12.2. The van der Waals surface area contributed by atoms with Crippen molar-refractivity contribution in [2.45, 2.75) is 13.1 Å². The van der Waals surface area contributed by atoms with Crippen LogP contribution in [0.3, 0.4) is 0 Å². The van der Waals surface area contributed by atoms with Gasteiger partial charge in [-0.25, -0.2) is 0 Å². The van der Waals surface area contributed by atoms with E-state index in [0.29, 0.717) is 28.2 Å². The number of furan rings is 1. The molecule has 0 aliphatic carbocycles. The minimum Gasteiger partial charge on any atom is -0.459 e. The largest absolute Gasteiger partial charge is 0.459 e. The van der Waals surface area contributed by atoms with E-state index in [1.54, 1.807) is 0 Å². The van der Waals surface area contributed by atoms with Crippen molar-refractivity contribution in [3.8, 4) is 33.6 Å². The molecule has 268 valence electrons. The summed E-state index contributed by atoms with van der Waals surface area (Å²) in [6, 6.07) is 43.8. The fourth-order valence-electron chi connectivity index (χ4n) is 6.29. The summed E-state index contributed by atoms with van der Waals surface area (Å²) in [7, 11) is 2.03. The zero-order chi connectivity index (χ0) is 37.0. The van der Waals surface area contributed by atoms with Gasteiger partial charge in [-0.2, -0.15) is 10.2 Å². The van der Waals surface area contributed by atoms with Crippen LogP contribution in [0.1, 0.15) is 11.5 Å². The van der Waals surface area contributed by atoms with Gasteiger partial charge in [-0.15, -0.1) is 0 Å². The van der Waals surface area contributed by atoms with Crippen molar-refractivity contribution >= 4 is 68.2 Å². The van der Waals surface area contributed by atoms with E-state index >= 15 is 0 Å². The van der Waals surface area contributed by atoms with E-state index < -0.39 is 0 Å². The van der Waals surface area contributed by atoms with Crippen LogP contribution in [0.25, 0.3) is 55.4 Å². The zero-order valence-electron chi connectivity index (χ0n) is 29.1. The molecule has 0 aliphatic rings. The molecular formula is C43H34Cl3N7O. The van der Waals surface area contributed by atoms with Gasteiger partial charge in [0.25, 0.3) is 0 Å². The minimum absolute atomic E-state index is 0.511. The van der Waals surface area contributed by atoms with Crippen LogP contribution in [-0.2, 0) is 20.1 Å². The molecule has 0 spiro atoms. The zero-order valence-corrected chi connectivity index (χ0v) is 31.3. The van der Waals surface area contributed by atoms with Gasteiger partial charge >= 0.3 is 0 Å². The lowest BCUT2D eigenvalue weighted by Crippen LogP contribution is -2.04. The highest BCUT2D eigenvalue weighted by Gasteiger charge is 2.14. The van der Waals surface area contributed by atoms with Crippen molar-refractivity contribution in [3.63, 3.8) is 0 Å². The summed E-state index contributed by atoms with van der Waals surface area (Å²) in [5.41, 5.74) is 8.12. The van der Waals surface area contributed by atoms with Crippen LogP contribution in [0.4, 0.5) is 11.6 Å². The highest BCUT2D eigenvalue weighted by atomic mass is 35.5. The smallest absolute Gasteiger partial charge is 0.156 e. The Morgan fingerprint density at radius 2 is 1.15 bits per heavy atom. The first kappa shape index (κ1) is 35.1. The molecule has 5 aromatic carbocycles. The Kier molecular flexibility index (Phi) is 10.1. The Labute approximate surface area is 326 Å². The first-order chi connectivity index (χ1) is 26.4. The quantitative estimate of drug-likeness (QED) is 0.117. The Bertz CT molecular complexity index is 2660. The molecule has 0 aliphatic heterocycles. The first-order valence-electron chi connectivity index (χ1n) is 17.3. The number of aromatic amines is 2. The number of aryl methyl sites for hydroxylation is 1. The fourth-order valence-corrected chi connectivity index (χ4v) is 6.96. The van der Waals surface area contributed by atoms with E-state index in [9.17, 15) is 0 Å². The average molecular weight is 771 g/mol. The third-order valence-electron chi connectivity index (χ3n) is 9.18. The summed E-state index contributed by atoms with van der Waals surface area (Å²) in [5.74, 6) is 3.20. The molecule has 54 heavy (non-hydrogen) atoms. The number of halogens is 3. The van der Waals surface area contributed by atoms with Crippen molar-refractivity contribution in [2.24, 2.45) is 7.05 Å². The van der Waals surface area contributed by atoms with E-state index in [-0.39, 0.29) is 0 Å². The Morgan fingerprint density at radius 1 is 0.593 bits per heavy atom. The molecule has 8 nitrogen and oxygen atoms in total. The van der Waals surface area contributed by atoms with Crippen LogP contribution >= 0.6 is 34.8 Å². The van der Waals surface area contributed by atoms with E-state index in [1.807, 2.05) is 116 Å². The summed E-state index contributed by atoms with van der Waals surface area (Å²) in [4.78, 5) is 0. The number of fused-ring (bicyclic) bond motifs is 2. The number of hydrogen-bond acceptors (Lipinski definition) is 5. The molecule has 9 rings (SSSR count). The van der Waals surface area contributed by atoms with Crippen LogP contribution in [0, 0.1) is 0 Å². The van der Waals surface area contributed by atoms with Crippen molar-refractivity contribution in [1.29, 1.82) is 0 Å². The highest BCUT2D eigenvalue weighted by Crippen LogP contribution is 2.36. The van der Waals surface area contributed by atoms with Crippen LogP contribution in [-0.4, -0.2) is 25.0 Å². The first-order valence-corrected chi connectivity index (χ1v) is 18.4. The Morgan fingerprint density at radius 3 is 1.69 bits per heavy atom. The van der Waals surface area contributed by atoms with Crippen LogP contribution in [0.5, 0.6) is 0 Å². The molecule has 11 heteroatoms. The second-order valence-electron chi connectivity index (χ2n) is 12.7. The Balaban J connectivity index is 0.000000157. The molecular weight excluding hydrogens is 737 g/mol. The summed E-state index contributed by atoms with van der Waals surface area (Å²) < 4.78 is 8.06. The van der Waals surface area contributed by atoms with E-state index in [0.717, 1.165) is 72.8 Å². The normalized spacial score (nSPS) is 11.1. The van der Waals surface area contributed by atoms with Crippen molar-refractivity contribution < 1.29 is 4.42 Å². The molecule has 0 fully saturated rings. The third-order valence-corrected chi connectivity index (χ3v) is 10.1. The topological polar surface area (TPSA) is 99.5 Å². The van der Waals surface area contributed by atoms with Gasteiger partial charge in [0.2, 0.25) is 0 Å². The van der Waals surface area contributed by atoms with Gasteiger partial charge in [-0.1, -0.05) is 95.5 Å². The molecule has 0 saturated carbocycles. The molecule has 4 aromatic heterocycles. The summed E-state index contributed by atoms with van der Waals surface area (Å²) in [6.45, 7) is 1.23. The second-order valence-corrected chi connectivity index (χ2v) is 14.0. The maximum Gasteiger partial charge on any atom is 0.156 e. The number of H-pyrrole nitrogens is 2. The van der Waals surface area contributed by atoms with Gasteiger partial charge < -0.3 is 19.6 Å². The van der Waals surface area contributed by atoms with Crippen molar-refractivity contribution in [3.05, 3.63) is 166 Å². The molecule has 0 amide bonds. The highest BCUT2D eigenvalue weighted by molar-refractivity contribution is 6.34. The van der Waals surface area contributed by atoms with Gasteiger partial charge in [0.05, 0.1) is 34.2 Å². The molecule has 4 N–H and O–H groups in total. The van der Waals surface area contributed by atoms with Crippen LogP contribution < -0.4 is 10.6 Å². The van der Waals surface area contributed by atoms with Gasteiger partial charge in [0.1, 0.15) is 11.5 Å². The fraction of sp³-hybridized carbons (Fsp3) is 0.0698. The number of anilines is 2. The number of aromatic nitrogens is 5. The molecule has 9 aromatic rings. The molecule has 4 heterocycles. The summed E-state index contributed by atoms with van der Waals surface area (Å²) in [6.07, 6.45) is 2.03. The number of nitrogens with one attached hydrogen (secondary N) is 4. The minimum atomic E-state index is 0.511. The molecule has 0 bridgehead atoms. The summed E-state index contributed by atoms with van der Waals surface area (Å²) >= 11 is 18.9. The van der Waals surface area contributed by atoms with Crippen LogP contribution in [0.15, 0.2) is 144 Å². The Hall–Kier alpha value is -5.93. The number of hydrogen-bond donors (Lipinski definition) is 4. The van der Waals surface area contributed by atoms with E-state index in [2.05, 4.69) is 65.9 Å². The average Bonchev–Trinajstić information content (AvgIpc) is 4.01. The van der Waals surface area contributed by atoms with Gasteiger partial charge in [0, 0.05) is 51.4 Å². The maximum atomic E-state index is 6.50. The van der Waals surface area contributed by atoms with Gasteiger partial charge in [-0.3, -0.25) is 10.2 Å². The van der Waals surface area contributed by atoms with Crippen molar-refractivity contribution in [2.75, 3.05) is 10.6 Å². The lowest BCUT2D eigenvalue weighted by atomic mass is 10.0. The standard InChI is InChI=1S/C24H17Cl2N3O.C19H17ClN4/c25-17-8-6-16(7-9-17)23-11-10-18(30-23)14-27-24-20-12-19(15-4-2-1-3-5-15)21(26)13-22(20)28-29-24;1-24-9-5-8-14(24)12-21-19-16-10-15(13-6-3-2-4-7-13)17(20)11-18(16)22-23-19/h1-13H,14H2,(H2,27,28,29);2-11H,12H2,1H3,(H2,21,22,23). The molecule has 0 radical (unpaired) electrons. The molecule has 0 saturated heterocycles. The maximum absolute atomic E-state index is 6.50. The SMILES string of the molecule is Clc1ccc(-c2ccc(CNc3n[nH]c4cc(Cl)c(-c5ccccc5)cc34)o2)cc1.Cn1cccc1CNc1n[nH]c2cc(Cl)c(-c3ccccc3)cc12. The lowest BCUT2D eigenvalue weighted by molar-refractivity contribution is 0.531. The van der Waals surface area contributed by atoms with E-state index in [1.165, 1.54) is 5.69 Å². The second kappa shape index (κ2) is 15.6. The van der Waals surface area contributed by atoms with Gasteiger partial charge in [0.15, 0.2) is 11.6 Å². The number of nitrogens with zero attached hydrogens (tertiary/aromatic N) is 3.